The van der Waals surface area contributed by atoms with Crippen molar-refractivity contribution in [2.24, 2.45) is 10.4 Å². The zero-order chi connectivity index (χ0) is 14.6. The molecule has 3 aliphatic rings. The lowest BCUT2D eigenvalue weighted by Crippen LogP contribution is -2.40. The Morgan fingerprint density at radius 3 is 2.95 bits per heavy atom. The molecule has 3 nitrogen and oxygen atoms in total. The molecule has 1 unspecified atom stereocenters. The quantitative estimate of drug-likeness (QED) is 0.785. The van der Waals surface area contributed by atoms with Crippen LogP contribution in [-0.2, 0) is 4.74 Å². The lowest BCUT2D eigenvalue weighted by atomic mass is 9.69. The molecule has 1 atom stereocenters. The van der Waals surface area contributed by atoms with E-state index < -0.39 is 0 Å². The SMILES string of the molecule is CC.CCC1=CC2=C(OCNC2)C2=NC=CCCC12C. The van der Waals surface area contributed by atoms with Crippen LogP contribution in [0.4, 0.5) is 0 Å². The number of fused-ring (bicyclic) bond motifs is 2. The minimum atomic E-state index is 0.0500. The molecule has 0 fully saturated rings. The van der Waals surface area contributed by atoms with Crippen LogP contribution >= 0.6 is 0 Å². The largest absolute Gasteiger partial charge is 0.476 e. The van der Waals surface area contributed by atoms with Gasteiger partial charge in [0.1, 0.15) is 12.5 Å². The molecule has 0 saturated carbocycles. The summed E-state index contributed by atoms with van der Waals surface area (Å²) in [6.07, 6.45) is 9.70. The van der Waals surface area contributed by atoms with Gasteiger partial charge in [-0.15, -0.1) is 0 Å². The number of nitrogens with zero attached hydrogens (tertiary/aromatic N) is 1. The van der Waals surface area contributed by atoms with Gasteiger partial charge in [-0.2, -0.15) is 0 Å². The summed E-state index contributed by atoms with van der Waals surface area (Å²) in [5.74, 6) is 1.01. The van der Waals surface area contributed by atoms with Gasteiger partial charge in [0.05, 0.1) is 5.71 Å². The zero-order valence-electron chi connectivity index (χ0n) is 13.1. The van der Waals surface area contributed by atoms with Gasteiger partial charge in [-0.25, -0.2) is 0 Å². The van der Waals surface area contributed by atoms with Crippen molar-refractivity contribution < 1.29 is 4.74 Å². The second kappa shape index (κ2) is 6.40. The number of rotatable bonds is 1. The van der Waals surface area contributed by atoms with Crippen LogP contribution in [0.5, 0.6) is 0 Å². The second-order valence-electron chi connectivity index (χ2n) is 5.33. The lowest BCUT2D eigenvalue weighted by molar-refractivity contribution is 0.184. The summed E-state index contributed by atoms with van der Waals surface area (Å²) >= 11 is 0. The first-order valence-electron chi connectivity index (χ1n) is 7.77. The lowest BCUT2D eigenvalue weighted by Gasteiger charge is -2.39. The second-order valence-corrected chi connectivity index (χ2v) is 5.33. The first-order valence-corrected chi connectivity index (χ1v) is 7.77. The van der Waals surface area contributed by atoms with Crippen LogP contribution in [-0.4, -0.2) is 19.0 Å². The first-order chi connectivity index (χ1) is 9.75. The fourth-order valence-electron chi connectivity index (χ4n) is 3.14. The van der Waals surface area contributed by atoms with Gasteiger partial charge in [0.25, 0.3) is 0 Å². The molecule has 20 heavy (non-hydrogen) atoms. The van der Waals surface area contributed by atoms with Crippen molar-refractivity contribution in [1.29, 1.82) is 0 Å². The normalized spacial score (nSPS) is 28.0. The van der Waals surface area contributed by atoms with Gasteiger partial charge in [-0.1, -0.05) is 45.4 Å². The molecule has 0 aromatic carbocycles. The number of aliphatic imine (C=N–C) groups is 1. The van der Waals surface area contributed by atoms with E-state index in [0.29, 0.717) is 6.73 Å². The maximum atomic E-state index is 5.82. The van der Waals surface area contributed by atoms with Crippen molar-refractivity contribution in [3.63, 3.8) is 0 Å². The fraction of sp³-hybridized carbons (Fsp3) is 0.588. The van der Waals surface area contributed by atoms with Crippen molar-refractivity contribution >= 4 is 5.71 Å². The molecule has 110 valence electrons. The van der Waals surface area contributed by atoms with E-state index in [2.05, 4.69) is 36.3 Å². The van der Waals surface area contributed by atoms with E-state index in [4.69, 9.17) is 4.74 Å². The number of hydrogen-bond donors (Lipinski definition) is 1. The molecule has 2 aliphatic heterocycles. The van der Waals surface area contributed by atoms with Crippen molar-refractivity contribution in [2.75, 3.05) is 13.3 Å². The van der Waals surface area contributed by atoms with E-state index in [9.17, 15) is 0 Å². The zero-order valence-corrected chi connectivity index (χ0v) is 13.1. The number of nitrogens with one attached hydrogen (secondary N) is 1. The minimum absolute atomic E-state index is 0.0500. The molecular formula is C17H26N2O. The average Bonchev–Trinajstić information content (AvgIpc) is 2.70. The molecule has 2 heterocycles. The van der Waals surface area contributed by atoms with Gasteiger partial charge in [0, 0.05) is 23.7 Å². The third-order valence-corrected chi connectivity index (χ3v) is 4.22. The Balaban J connectivity index is 0.000000704. The summed E-state index contributed by atoms with van der Waals surface area (Å²) in [5, 5.41) is 3.25. The standard InChI is InChI=1S/C15H20N2O.C2H6/c1-3-12-8-11-9-16-10-18-13(11)14-15(12,2)6-4-5-7-17-14;1-2/h5,7-8,16H,3-4,6,9-10H2,1-2H3;1-2H3. The Kier molecular flexibility index (Phi) is 4.81. The van der Waals surface area contributed by atoms with Crippen LogP contribution < -0.4 is 5.32 Å². The van der Waals surface area contributed by atoms with Crippen molar-refractivity contribution in [2.45, 2.75) is 47.0 Å². The smallest absolute Gasteiger partial charge is 0.148 e. The third-order valence-electron chi connectivity index (χ3n) is 4.22. The predicted octanol–water partition coefficient (Wildman–Crippen LogP) is 3.95. The monoisotopic (exact) mass is 274 g/mol. The van der Waals surface area contributed by atoms with E-state index in [-0.39, 0.29) is 5.41 Å². The van der Waals surface area contributed by atoms with Crippen LogP contribution in [0.3, 0.4) is 0 Å². The molecule has 0 radical (unpaired) electrons. The topological polar surface area (TPSA) is 33.6 Å². The van der Waals surface area contributed by atoms with Crippen LogP contribution in [0, 0.1) is 5.41 Å². The van der Waals surface area contributed by atoms with Crippen LogP contribution in [0.1, 0.15) is 47.0 Å². The molecule has 3 heteroatoms. The molecule has 0 spiro atoms. The average molecular weight is 274 g/mol. The van der Waals surface area contributed by atoms with Crippen molar-refractivity contribution in [3.8, 4) is 0 Å². The molecule has 1 N–H and O–H groups in total. The molecule has 1 aliphatic carbocycles. The molecule has 0 amide bonds. The highest BCUT2D eigenvalue weighted by atomic mass is 16.5. The summed E-state index contributed by atoms with van der Waals surface area (Å²) in [6.45, 7) is 10.0. The predicted molar refractivity (Wildman–Crippen MR) is 84.6 cm³/mol. The van der Waals surface area contributed by atoms with Gasteiger partial charge < -0.3 is 4.74 Å². The Hall–Kier alpha value is -1.35. The Labute approximate surface area is 122 Å². The molecule has 0 aromatic rings. The maximum Gasteiger partial charge on any atom is 0.148 e. The Morgan fingerprint density at radius 1 is 1.40 bits per heavy atom. The highest BCUT2D eigenvalue weighted by Crippen LogP contribution is 2.44. The third kappa shape index (κ3) is 2.47. The summed E-state index contributed by atoms with van der Waals surface area (Å²) in [5.41, 5.74) is 3.92. The highest BCUT2D eigenvalue weighted by molar-refractivity contribution is 6.07. The highest BCUT2D eigenvalue weighted by Gasteiger charge is 2.41. The van der Waals surface area contributed by atoms with Crippen LogP contribution in [0.25, 0.3) is 0 Å². The van der Waals surface area contributed by atoms with Gasteiger partial charge in [0.15, 0.2) is 0 Å². The van der Waals surface area contributed by atoms with Gasteiger partial charge in [-0.05, 0) is 19.3 Å². The van der Waals surface area contributed by atoms with Crippen molar-refractivity contribution in [1.82, 2.24) is 5.32 Å². The Morgan fingerprint density at radius 2 is 2.20 bits per heavy atom. The van der Waals surface area contributed by atoms with E-state index in [1.165, 1.54) is 11.1 Å². The summed E-state index contributed by atoms with van der Waals surface area (Å²) in [4.78, 5) is 4.68. The number of ether oxygens (including phenoxy) is 1. The van der Waals surface area contributed by atoms with E-state index >= 15 is 0 Å². The minimum Gasteiger partial charge on any atom is -0.476 e. The van der Waals surface area contributed by atoms with Crippen LogP contribution in [0.15, 0.2) is 40.2 Å². The molecule has 0 bridgehead atoms. The number of allylic oxidation sites excluding steroid dienone is 3. The molecule has 3 rings (SSSR count). The molecule has 0 saturated heterocycles. The molecular weight excluding hydrogens is 248 g/mol. The summed E-state index contributed by atoms with van der Waals surface area (Å²) < 4.78 is 5.82. The summed E-state index contributed by atoms with van der Waals surface area (Å²) in [7, 11) is 0. The Bertz CT molecular complexity index is 485. The fourth-order valence-corrected chi connectivity index (χ4v) is 3.14. The molecule has 0 aromatic heterocycles. The van der Waals surface area contributed by atoms with Gasteiger partial charge in [-0.3, -0.25) is 10.3 Å². The first kappa shape index (κ1) is 15.0. The van der Waals surface area contributed by atoms with Gasteiger partial charge >= 0.3 is 0 Å². The summed E-state index contributed by atoms with van der Waals surface area (Å²) in [6, 6.07) is 0. The maximum absolute atomic E-state index is 5.82. The van der Waals surface area contributed by atoms with E-state index in [0.717, 1.165) is 37.3 Å². The van der Waals surface area contributed by atoms with Gasteiger partial charge in [0.2, 0.25) is 0 Å². The van der Waals surface area contributed by atoms with E-state index in [1.807, 2.05) is 20.0 Å². The van der Waals surface area contributed by atoms with E-state index in [1.54, 1.807) is 0 Å². The van der Waals surface area contributed by atoms with Crippen molar-refractivity contribution in [3.05, 3.63) is 35.3 Å². The number of hydrogen-bond acceptors (Lipinski definition) is 3. The van der Waals surface area contributed by atoms with Crippen LogP contribution in [0.2, 0.25) is 0 Å².